The van der Waals surface area contributed by atoms with Gasteiger partial charge >= 0.3 is 0 Å². The van der Waals surface area contributed by atoms with Gasteiger partial charge in [0.25, 0.3) is 0 Å². The summed E-state index contributed by atoms with van der Waals surface area (Å²) in [6, 6.07) is 3.93. The largest absolute Gasteiger partial charge is 0.393 e. The summed E-state index contributed by atoms with van der Waals surface area (Å²) in [5.41, 5.74) is 0.884. The molecule has 1 aliphatic carbocycles. The van der Waals surface area contributed by atoms with Gasteiger partial charge in [-0.15, -0.1) is 0 Å². The van der Waals surface area contributed by atoms with Crippen LogP contribution in [-0.2, 0) is 0 Å². The predicted molar refractivity (Wildman–Crippen MR) is 67.9 cm³/mol. The molecule has 0 aliphatic heterocycles. The molecule has 4 nitrogen and oxygen atoms in total. The third-order valence-electron chi connectivity index (χ3n) is 3.37. The van der Waals surface area contributed by atoms with Gasteiger partial charge in [-0.25, -0.2) is 9.50 Å². The first kappa shape index (κ1) is 11.2. The Kier molecular flexibility index (Phi) is 2.88. The summed E-state index contributed by atoms with van der Waals surface area (Å²) in [5.74, 6) is 1.31. The van der Waals surface area contributed by atoms with Gasteiger partial charge in [-0.2, -0.15) is 5.10 Å². The Morgan fingerprint density at radius 2 is 2.00 bits per heavy atom. The summed E-state index contributed by atoms with van der Waals surface area (Å²) in [6.07, 6.45) is 5.49. The van der Waals surface area contributed by atoms with E-state index in [0.717, 1.165) is 41.6 Å². The molecule has 1 fully saturated rings. The molecule has 0 amide bonds. The SMILES string of the molecule is OC1CCC(c2nc3ccc(Br)cn3n2)CC1. The Labute approximate surface area is 108 Å². The van der Waals surface area contributed by atoms with Crippen LogP contribution < -0.4 is 0 Å². The maximum atomic E-state index is 9.50. The van der Waals surface area contributed by atoms with E-state index in [2.05, 4.69) is 26.0 Å². The number of aliphatic hydroxyl groups excluding tert-OH is 1. The maximum absolute atomic E-state index is 9.50. The highest BCUT2D eigenvalue weighted by Gasteiger charge is 2.23. The molecule has 2 heterocycles. The Hall–Kier alpha value is -0.940. The molecule has 0 unspecified atom stereocenters. The monoisotopic (exact) mass is 295 g/mol. The first-order valence-electron chi connectivity index (χ1n) is 5.92. The number of nitrogens with zero attached hydrogens (tertiary/aromatic N) is 3. The van der Waals surface area contributed by atoms with Crippen LogP contribution in [-0.4, -0.2) is 25.8 Å². The molecule has 0 atom stereocenters. The molecular weight excluding hydrogens is 282 g/mol. The van der Waals surface area contributed by atoms with Crippen molar-refractivity contribution in [3.8, 4) is 0 Å². The van der Waals surface area contributed by atoms with Crippen molar-refractivity contribution in [2.75, 3.05) is 0 Å². The van der Waals surface area contributed by atoms with Crippen molar-refractivity contribution >= 4 is 21.6 Å². The summed E-state index contributed by atoms with van der Waals surface area (Å²) < 4.78 is 2.81. The van der Waals surface area contributed by atoms with Crippen molar-refractivity contribution in [1.29, 1.82) is 0 Å². The molecule has 2 aromatic rings. The standard InChI is InChI=1S/C12H14BrN3O/c13-9-3-6-11-14-12(15-16(11)7-9)8-1-4-10(17)5-2-8/h3,6-8,10,17H,1-2,4-5H2. The summed E-state index contributed by atoms with van der Waals surface area (Å²) in [7, 11) is 0. The molecule has 0 saturated heterocycles. The molecular formula is C12H14BrN3O. The lowest BCUT2D eigenvalue weighted by Crippen LogP contribution is -2.17. The highest BCUT2D eigenvalue weighted by Crippen LogP contribution is 2.31. The minimum atomic E-state index is -0.127. The highest BCUT2D eigenvalue weighted by molar-refractivity contribution is 9.10. The van der Waals surface area contributed by atoms with Crippen molar-refractivity contribution in [2.24, 2.45) is 0 Å². The van der Waals surface area contributed by atoms with Gasteiger partial charge < -0.3 is 5.11 Å². The molecule has 90 valence electrons. The molecule has 1 N–H and O–H groups in total. The van der Waals surface area contributed by atoms with Gasteiger partial charge in [0, 0.05) is 16.6 Å². The Morgan fingerprint density at radius 3 is 2.76 bits per heavy atom. The Bertz CT molecular complexity index is 532. The van der Waals surface area contributed by atoms with Gasteiger partial charge in [0.1, 0.15) is 0 Å². The van der Waals surface area contributed by atoms with E-state index in [9.17, 15) is 5.11 Å². The summed E-state index contributed by atoms with van der Waals surface area (Å²) >= 11 is 3.42. The number of aromatic nitrogens is 3. The van der Waals surface area contributed by atoms with Crippen LogP contribution in [0.3, 0.4) is 0 Å². The second-order valence-corrected chi connectivity index (χ2v) is 5.54. The van der Waals surface area contributed by atoms with E-state index in [1.165, 1.54) is 0 Å². The van der Waals surface area contributed by atoms with Crippen molar-refractivity contribution in [1.82, 2.24) is 14.6 Å². The van der Waals surface area contributed by atoms with Crippen molar-refractivity contribution < 1.29 is 5.11 Å². The number of fused-ring (bicyclic) bond motifs is 1. The van der Waals surface area contributed by atoms with E-state index >= 15 is 0 Å². The Morgan fingerprint density at radius 1 is 1.24 bits per heavy atom. The van der Waals surface area contributed by atoms with Gasteiger partial charge in [0.15, 0.2) is 11.5 Å². The molecule has 0 aromatic carbocycles. The van der Waals surface area contributed by atoms with E-state index in [0.29, 0.717) is 5.92 Å². The third-order valence-corrected chi connectivity index (χ3v) is 3.84. The molecule has 1 saturated carbocycles. The minimum absolute atomic E-state index is 0.127. The van der Waals surface area contributed by atoms with Crippen LogP contribution in [0.1, 0.15) is 37.4 Å². The number of hydrogen-bond donors (Lipinski definition) is 1. The number of aliphatic hydroxyl groups is 1. The molecule has 1 aliphatic rings. The lowest BCUT2D eigenvalue weighted by molar-refractivity contribution is 0.121. The molecule has 0 spiro atoms. The Balaban J connectivity index is 1.90. The number of rotatable bonds is 1. The van der Waals surface area contributed by atoms with Gasteiger partial charge in [0.05, 0.1) is 6.10 Å². The van der Waals surface area contributed by atoms with Crippen LogP contribution in [0.4, 0.5) is 0 Å². The maximum Gasteiger partial charge on any atom is 0.155 e. The van der Waals surface area contributed by atoms with E-state index < -0.39 is 0 Å². The second-order valence-electron chi connectivity index (χ2n) is 4.63. The first-order chi connectivity index (χ1) is 8.22. The van der Waals surface area contributed by atoms with Crippen LogP contribution in [0, 0.1) is 0 Å². The molecule has 3 rings (SSSR count). The zero-order valence-electron chi connectivity index (χ0n) is 9.38. The zero-order chi connectivity index (χ0) is 11.8. The van der Waals surface area contributed by atoms with Gasteiger partial charge in [-0.05, 0) is 53.7 Å². The van der Waals surface area contributed by atoms with E-state index in [-0.39, 0.29) is 6.10 Å². The van der Waals surface area contributed by atoms with Gasteiger partial charge in [-0.1, -0.05) is 0 Å². The van der Waals surface area contributed by atoms with Crippen LogP contribution in [0.5, 0.6) is 0 Å². The van der Waals surface area contributed by atoms with Crippen LogP contribution in [0.2, 0.25) is 0 Å². The second kappa shape index (κ2) is 4.38. The van der Waals surface area contributed by atoms with Crippen molar-refractivity contribution in [2.45, 2.75) is 37.7 Å². The number of pyridine rings is 1. The normalized spacial score (nSPS) is 25.3. The van der Waals surface area contributed by atoms with Crippen molar-refractivity contribution in [3.63, 3.8) is 0 Å². The van der Waals surface area contributed by atoms with Crippen molar-refractivity contribution in [3.05, 3.63) is 28.6 Å². The molecule has 2 aromatic heterocycles. The lowest BCUT2D eigenvalue weighted by atomic mass is 9.87. The van der Waals surface area contributed by atoms with E-state index in [1.54, 1.807) is 0 Å². The molecule has 0 bridgehead atoms. The summed E-state index contributed by atoms with van der Waals surface area (Å²) in [4.78, 5) is 4.55. The average Bonchev–Trinajstić information content (AvgIpc) is 2.72. The average molecular weight is 296 g/mol. The highest BCUT2D eigenvalue weighted by atomic mass is 79.9. The lowest BCUT2D eigenvalue weighted by Gasteiger charge is -2.22. The molecule has 5 heteroatoms. The predicted octanol–water partition coefficient (Wildman–Crippen LogP) is 2.51. The quantitative estimate of drug-likeness (QED) is 0.879. The van der Waals surface area contributed by atoms with Gasteiger partial charge in [-0.3, -0.25) is 0 Å². The number of hydrogen-bond acceptors (Lipinski definition) is 3. The topological polar surface area (TPSA) is 50.4 Å². The van der Waals surface area contributed by atoms with Gasteiger partial charge in [0.2, 0.25) is 0 Å². The fourth-order valence-corrected chi connectivity index (χ4v) is 2.71. The van der Waals surface area contributed by atoms with E-state index in [1.807, 2.05) is 22.8 Å². The molecule has 0 radical (unpaired) electrons. The van der Waals surface area contributed by atoms with Crippen LogP contribution >= 0.6 is 15.9 Å². The van der Waals surface area contributed by atoms with Crippen LogP contribution in [0.25, 0.3) is 5.65 Å². The smallest absolute Gasteiger partial charge is 0.155 e. The third kappa shape index (κ3) is 2.21. The van der Waals surface area contributed by atoms with Crippen LogP contribution in [0.15, 0.2) is 22.8 Å². The summed E-state index contributed by atoms with van der Waals surface area (Å²) in [6.45, 7) is 0. The molecule has 17 heavy (non-hydrogen) atoms. The summed E-state index contributed by atoms with van der Waals surface area (Å²) in [5, 5.41) is 14.0. The fourth-order valence-electron chi connectivity index (χ4n) is 2.38. The number of halogens is 1. The fraction of sp³-hybridized carbons (Fsp3) is 0.500. The minimum Gasteiger partial charge on any atom is -0.393 e. The van der Waals surface area contributed by atoms with E-state index in [4.69, 9.17) is 0 Å². The zero-order valence-corrected chi connectivity index (χ0v) is 11.0. The first-order valence-corrected chi connectivity index (χ1v) is 6.71.